The zero-order valence-corrected chi connectivity index (χ0v) is 10.1. The van der Waals surface area contributed by atoms with Crippen molar-refractivity contribution in [3.8, 4) is 0 Å². The fourth-order valence-corrected chi connectivity index (χ4v) is 2.08. The summed E-state index contributed by atoms with van der Waals surface area (Å²) >= 11 is 0. The van der Waals surface area contributed by atoms with Crippen LogP contribution in [0.3, 0.4) is 0 Å². The van der Waals surface area contributed by atoms with Gasteiger partial charge in [-0.1, -0.05) is 57.0 Å². The highest BCUT2D eigenvalue weighted by atomic mass is 16.4. The molecule has 2 heteroatoms. The molecule has 0 saturated heterocycles. The second kappa shape index (κ2) is 5.69. The molecule has 1 atom stereocenters. The van der Waals surface area contributed by atoms with Crippen molar-refractivity contribution in [2.24, 2.45) is 0 Å². The van der Waals surface area contributed by atoms with E-state index in [1.807, 2.05) is 37.3 Å². The molecule has 0 aromatic heterocycles. The summed E-state index contributed by atoms with van der Waals surface area (Å²) < 4.78 is 0. The van der Waals surface area contributed by atoms with Crippen molar-refractivity contribution in [1.29, 1.82) is 0 Å². The zero-order chi connectivity index (χ0) is 12.0. The number of rotatable bonds is 6. The lowest BCUT2D eigenvalue weighted by Gasteiger charge is -2.28. The Balaban J connectivity index is 2.90. The standard InChI is InChI=1S/C14H20O2/c1-3-4-10-14(2,11-13(15)16)12-8-6-5-7-9-12/h5-9H,3-4,10-11H2,1-2H3,(H,15,16). The SMILES string of the molecule is CCCCC(C)(CC(=O)O)c1ccccc1. The van der Waals surface area contributed by atoms with Gasteiger partial charge in [-0.3, -0.25) is 4.79 Å². The summed E-state index contributed by atoms with van der Waals surface area (Å²) in [6, 6.07) is 9.96. The number of carboxylic acid groups (broad SMARTS) is 1. The quantitative estimate of drug-likeness (QED) is 0.795. The molecule has 16 heavy (non-hydrogen) atoms. The molecule has 0 saturated carbocycles. The Morgan fingerprint density at radius 2 is 1.94 bits per heavy atom. The van der Waals surface area contributed by atoms with Gasteiger partial charge in [0.2, 0.25) is 0 Å². The van der Waals surface area contributed by atoms with Crippen molar-refractivity contribution in [3.05, 3.63) is 35.9 Å². The maximum atomic E-state index is 11.0. The van der Waals surface area contributed by atoms with E-state index in [-0.39, 0.29) is 11.8 Å². The average molecular weight is 220 g/mol. The van der Waals surface area contributed by atoms with Gasteiger partial charge in [-0.2, -0.15) is 0 Å². The fraction of sp³-hybridized carbons (Fsp3) is 0.500. The third kappa shape index (κ3) is 3.37. The third-order valence-corrected chi connectivity index (χ3v) is 3.09. The first kappa shape index (κ1) is 12.8. The Morgan fingerprint density at radius 1 is 1.31 bits per heavy atom. The van der Waals surface area contributed by atoms with Crippen LogP contribution < -0.4 is 0 Å². The minimum absolute atomic E-state index is 0.205. The van der Waals surface area contributed by atoms with Crippen molar-refractivity contribution < 1.29 is 9.90 Å². The number of benzene rings is 1. The van der Waals surface area contributed by atoms with Crippen LogP contribution in [0.5, 0.6) is 0 Å². The van der Waals surface area contributed by atoms with E-state index < -0.39 is 5.97 Å². The van der Waals surface area contributed by atoms with Gasteiger partial charge in [0.15, 0.2) is 0 Å². The second-order valence-corrected chi connectivity index (χ2v) is 4.60. The van der Waals surface area contributed by atoms with Crippen LogP contribution in [-0.4, -0.2) is 11.1 Å². The molecule has 0 heterocycles. The van der Waals surface area contributed by atoms with Gasteiger partial charge in [-0.05, 0) is 12.0 Å². The first-order valence-corrected chi connectivity index (χ1v) is 5.86. The first-order valence-electron chi connectivity index (χ1n) is 5.86. The molecular weight excluding hydrogens is 200 g/mol. The van der Waals surface area contributed by atoms with E-state index in [4.69, 9.17) is 5.11 Å². The minimum atomic E-state index is -0.720. The number of unbranched alkanes of at least 4 members (excludes halogenated alkanes) is 1. The molecular formula is C14H20O2. The van der Waals surface area contributed by atoms with E-state index in [2.05, 4.69) is 6.92 Å². The van der Waals surface area contributed by atoms with Crippen LogP contribution in [0.2, 0.25) is 0 Å². The Hall–Kier alpha value is -1.31. The summed E-state index contributed by atoms with van der Waals surface area (Å²) in [7, 11) is 0. The second-order valence-electron chi connectivity index (χ2n) is 4.60. The smallest absolute Gasteiger partial charge is 0.304 e. The topological polar surface area (TPSA) is 37.3 Å². The van der Waals surface area contributed by atoms with Crippen LogP contribution in [0.1, 0.15) is 45.1 Å². The Bertz CT molecular complexity index is 332. The number of hydrogen-bond donors (Lipinski definition) is 1. The molecule has 0 fully saturated rings. The largest absolute Gasteiger partial charge is 0.481 e. The molecule has 0 aliphatic heterocycles. The fourth-order valence-electron chi connectivity index (χ4n) is 2.08. The summed E-state index contributed by atoms with van der Waals surface area (Å²) in [4.78, 5) is 11.0. The third-order valence-electron chi connectivity index (χ3n) is 3.09. The molecule has 1 aromatic carbocycles. The summed E-state index contributed by atoms with van der Waals surface area (Å²) in [5, 5.41) is 9.01. The molecule has 0 radical (unpaired) electrons. The van der Waals surface area contributed by atoms with Gasteiger partial charge in [0.1, 0.15) is 0 Å². The molecule has 0 spiro atoms. The van der Waals surface area contributed by atoms with E-state index in [1.54, 1.807) is 0 Å². The summed E-state index contributed by atoms with van der Waals surface area (Å²) in [6.45, 7) is 4.18. The highest BCUT2D eigenvalue weighted by Gasteiger charge is 2.28. The number of carbonyl (C=O) groups is 1. The molecule has 0 amide bonds. The van der Waals surface area contributed by atoms with Crippen LogP contribution in [0.25, 0.3) is 0 Å². The average Bonchev–Trinajstić information content (AvgIpc) is 2.27. The van der Waals surface area contributed by atoms with Crippen LogP contribution in [0.4, 0.5) is 0 Å². The predicted octanol–water partition coefficient (Wildman–Crippen LogP) is 3.61. The summed E-state index contributed by atoms with van der Waals surface area (Å²) in [6.07, 6.45) is 3.30. The molecule has 0 aliphatic carbocycles. The monoisotopic (exact) mass is 220 g/mol. The predicted molar refractivity (Wildman–Crippen MR) is 65.6 cm³/mol. The van der Waals surface area contributed by atoms with E-state index >= 15 is 0 Å². The lowest BCUT2D eigenvalue weighted by atomic mass is 9.75. The van der Waals surface area contributed by atoms with E-state index in [0.29, 0.717) is 0 Å². The van der Waals surface area contributed by atoms with Crippen LogP contribution in [0.15, 0.2) is 30.3 Å². The van der Waals surface area contributed by atoms with Crippen molar-refractivity contribution >= 4 is 5.97 Å². The molecule has 0 aliphatic rings. The summed E-state index contributed by atoms with van der Waals surface area (Å²) in [5.41, 5.74) is 0.897. The van der Waals surface area contributed by atoms with E-state index in [9.17, 15) is 4.79 Å². The first-order chi connectivity index (χ1) is 7.58. The van der Waals surface area contributed by atoms with E-state index in [1.165, 1.54) is 0 Å². The zero-order valence-electron chi connectivity index (χ0n) is 10.1. The van der Waals surface area contributed by atoms with Gasteiger partial charge in [0.05, 0.1) is 6.42 Å². The molecule has 1 unspecified atom stereocenters. The van der Waals surface area contributed by atoms with Crippen LogP contribution >= 0.6 is 0 Å². The number of hydrogen-bond acceptors (Lipinski definition) is 1. The summed E-state index contributed by atoms with van der Waals surface area (Å²) in [5.74, 6) is -0.720. The lowest BCUT2D eigenvalue weighted by molar-refractivity contribution is -0.138. The minimum Gasteiger partial charge on any atom is -0.481 e. The van der Waals surface area contributed by atoms with Crippen LogP contribution in [-0.2, 0) is 10.2 Å². The van der Waals surface area contributed by atoms with Gasteiger partial charge in [0, 0.05) is 5.41 Å². The Kier molecular flexibility index (Phi) is 4.53. The maximum absolute atomic E-state index is 11.0. The normalized spacial score (nSPS) is 14.4. The van der Waals surface area contributed by atoms with Gasteiger partial charge in [-0.25, -0.2) is 0 Å². The molecule has 2 nitrogen and oxygen atoms in total. The van der Waals surface area contributed by atoms with Gasteiger partial charge < -0.3 is 5.11 Å². The van der Waals surface area contributed by atoms with Crippen LogP contribution in [0, 0.1) is 0 Å². The molecule has 1 N–H and O–H groups in total. The van der Waals surface area contributed by atoms with Gasteiger partial charge in [-0.15, -0.1) is 0 Å². The molecule has 88 valence electrons. The van der Waals surface area contributed by atoms with Gasteiger partial charge in [0.25, 0.3) is 0 Å². The van der Waals surface area contributed by atoms with E-state index in [0.717, 1.165) is 24.8 Å². The molecule has 1 rings (SSSR count). The number of carboxylic acids is 1. The lowest BCUT2D eigenvalue weighted by Crippen LogP contribution is -2.25. The van der Waals surface area contributed by atoms with Crippen molar-refractivity contribution in [2.75, 3.05) is 0 Å². The molecule has 0 bridgehead atoms. The maximum Gasteiger partial charge on any atom is 0.304 e. The Morgan fingerprint density at radius 3 is 2.44 bits per heavy atom. The number of aliphatic carboxylic acids is 1. The van der Waals surface area contributed by atoms with Crippen molar-refractivity contribution in [2.45, 2.75) is 44.9 Å². The highest BCUT2D eigenvalue weighted by molar-refractivity contribution is 5.69. The van der Waals surface area contributed by atoms with Crippen molar-refractivity contribution in [1.82, 2.24) is 0 Å². The van der Waals surface area contributed by atoms with Crippen molar-refractivity contribution in [3.63, 3.8) is 0 Å². The highest BCUT2D eigenvalue weighted by Crippen LogP contribution is 2.32. The van der Waals surface area contributed by atoms with Gasteiger partial charge >= 0.3 is 5.97 Å². The Labute approximate surface area is 97.3 Å². The molecule has 1 aromatic rings.